The molecular formula is C2H9CaCl3. The van der Waals surface area contributed by atoms with E-state index in [1.165, 1.54) is 0 Å². The normalized spacial score (nSPS) is 0.667. The van der Waals surface area contributed by atoms with Crippen LogP contribution in [0.2, 0.25) is 0 Å². The maximum atomic E-state index is 3.00. The Morgan fingerprint density at radius 3 is 0.667 bits per heavy atom. The molecule has 4 heteroatoms. The second-order valence-corrected chi connectivity index (χ2v) is 0. The first-order chi connectivity index (χ1) is 1.00. The first kappa shape index (κ1) is 45.1. The maximum absolute atomic E-state index is 3.00. The zero-order valence-corrected chi connectivity index (χ0v) is 5.09. The van der Waals surface area contributed by atoms with E-state index in [1.54, 1.807) is 0 Å². The molecular weight excluding hydrogens is 170 g/mol. The average Bonchev–Trinajstić information content (AvgIpc) is 1.00. The van der Waals surface area contributed by atoms with E-state index >= 15 is 0 Å². The summed E-state index contributed by atoms with van der Waals surface area (Å²) in [6.07, 6.45) is 0. The third-order valence-electron chi connectivity index (χ3n) is 0. The molecule has 0 aliphatic rings. The van der Waals surface area contributed by atoms with Gasteiger partial charge in [-0.2, -0.15) is 0 Å². The SMILES string of the molecule is C=C.Cl.Cl.Cl.[CaH2]. The summed E-state index contributed by atoms with van der Waals surface area (Å²) in [6, 6.07) is 0. The van der Waals surface area contributed by atoms with Gasteiger partial charge in [-0.1, -0.05) is 0 Å². The van der Waals surface area contributed by atoms with Crippen molar-refractivity contribution in [1.29, 1.82) is 0 Å². The van der Waals surface area contributed by atoms with Crippen molar-refractivity contribution in [2.75, 3.05) is 0 Å². The van der Waals surface area contributed by atoms with Gasteiger partial charge < -0.3 is 0 Å². The van der Waals surface area contributed by atoms with Crippen molar-refractivity contribution in [3.8, 4) is 0 Å². The van der Waals surface area contributed by atoms with Gasteiger partial charge in [0.1, 0.15) is 0 Å². The number of hydrogen-bond acceptors (Lipinski definition) is 0. The molecule has 0 radical (unpaired) electrons. The molecule has 0 rings (SSSR count). The van der Waals surface area contributed by atoms with Crippen molar-refractivity contribution in [2.45, 2.75) is 0 Å². The monoisotopic (exact) mass is 178 g/mol. The summed E-state index contributed by atoms with van der Waals surface area (Å²) in [7, 11) is 0. The van der Waals surface area contributed by atoms with Gasteiger partial charge in [0.2, 0.25) is 0 Å². The van der Waals surface area contributed by atoms with Crippen LogP contribution in [0.1, 0.15) is 0 Å². The Balaban J connectivity index is -0.000000000833. The van der Waals surface area contributed by atoms with Crippen LogP contribution in [0.15, 0.2) is 13.2 Å². The molecule has 0 N–H and O–H groups in total. The van der Waals surface area contributed by atoms with Gasteiger partial charge in [0.15, 0.2) is 0 Å². The van der Waals surface area contributed by atoms with E-state index in [1.807, 2.05) is 0 Å². The molecule has 0 heterocycles. The van der Waals surface area contributed by atoms with Crippen molar-refractivity contribution < 1.29 is 0 Å². The summed E-state index contributed by atoms with van der Waals surface area (Å²) in [4.78, 5) is 0. The Kier molecular flexibility index (Phi) is 509. The summed E-state index contributed by atoms with van der Waals surface area (Å²) < 4.78 is 0. The molecule has 0 aromatic carbocycles. The van der Waals surface area contributed by atoms with Gasteiger partial charge in [0.05, 0.1) is 0 Å². The Bertz CT molecular complexity index is 8.75. The van der Waals surface area contributed by atoms with Crippen molar-refractivity contribution >= 4 is 75.0 Å². The molecule has 0 nitrogen and oxygen atoms in total. The fraction of sp³-hybridized carbons (Fsp3) is 0. The summed E-state index contributed by atoms with van der Waals surface area (Å²) in [5.41, 5.74) is 0. The molecule has 0 aromatic heterocycles. The summed E-state index contributed by atoms with van der Waals surface area (Å²) in [5.74, 6) is 0. The van der Waals surface area contributed by atoms with Crippen molar-refractivity contribution in [3.05, 3.63) is 13.2 Å². The summed E-state index contributed by atoms with van der Waals surface area (Å²) in [6.45, 7) is 6.00. The first-order valence-electron chi connectivity index (χ1n) is 0.500. The Labute approximate surface area is 87.0 Å². The summed E-state index contributed by atoms with van der Waals surface area (Å²) in [5, 5.41) is 0. The van der Waals surface area contributed by atoms with Crippen LogP contribution < -0.4 is 0 Å². The fourth-order valence-electron chi connectivity index (χ4n) is 0. The van der Waals surface area contributed by atoms with Gasteiger partial charge in [-0.3, -0.25) is 0 Å². The number of halogens is 3. The predicted octanol–water partition coefficient (Wildman–Crippen LogP) is 1.15. The molecule has 0 fully saturated rings. The Morgan fingerprint density at radius 1 is 0.667 bits per heavy atom. The van der Waals surface area contributed by atoms with Crippen molar-refractivity contribution in [3.63, 3.8) is 0 Å². The zero-order chi connectivity index (χ0) is 2.00. The molecule has 6 heavy (non-hydrogen) atoms. The molecule has 0 saturated heterocycles. The van der Waals surface area contributed by atoms with Gasteiger partial charge in [0, 0.05) is 0 Å². The van der Waals surface area contributed by atoms with Gasteiger partial charge in [-0.25, -0.2) is 0 Å². The minimum absolute atomic E-state index is 0. The van der Waals surface area contributed by atoms with Crippen molar-refractivity contribution in [1.82, 2.24) is 0 Å². The van der Waals surface area contributed by atoms with E-state index in [0.29, 0.717) is 0 Å². The van der Waals surface area contributed by atoms with Gasteiger partial charge in [0.25, 0.3) is 0 Å². The second kappa shape index (κ2) is 67.7. The molecule has 0 aromatic rings. The third kappa shape index (κ3) is 39.8. The molecule has 0 aliphatic carbocycles. The van der Waals surface area contributed by atoms with Gasteiger partial charge in [-0.05, 0) is 0 Å². The minimum atomic E-state index is 0. The fourth-order valence-corrected chi connectivity index (χ4v) is 0. The predicted molar refractivity (Wildman–Crippen MR) is 41.5 cm³/mol. The van der Waals surface area contributed by atoms with Crippen molar-refractivity contribution in [2.24, 2.45) is 0 Å². The number of rotatable bonds is 0. The third-order valence-corrected chi connectivity index (χ3v) is 0. The second-order valence-electron chi connectivity index (χ2n) is 0. The van der Waals surface area contributed by atoms with Crippen LogP contribution in [0.25, 0.3) is 0 Å². The number of hydrogen-bond donors (Lipinski definition) is 0. The molecule has 0 spiro atoms. The average molecular weight is 180 g/mol. The molecule has 0 amide bonds. The van der Waals surface area contributed by atoms with Gasteiger partial charge >= 0.3 is 37.7 Å². The molecule has 0 bridgehead atoms. The van der Waals surface area contributed by atoms with Crippen LogP contribution in [0, 0.1) is 0 Å². The van der Waals surface area contributed by atoms with E-state index in [0.717, 1.165) is 0 Å². The quantitative estimate of drug-likeness (QED) is 0.387. The van der Waals surface area contributed by atoms with Gasteiger partial charge in [-0.15, -0.1) is 50.4 Å². The zero-order valence-electron chi connectivity index (χ0n) is 2.64. The standard InChI is InChI=1S/C2H4.Ca.3ClH.2H/c1-2;;;;;;/h1-2H2;;3*1H;;. The molecule has 0 atom stereocenters. The molecule has 40 valence electrons. The topological polar surface area (TPSA) is 0 Å². The Hall–Kier alpha value is 1.87. The van der Waals surface area contributed by atoms with E-state index in [2.05, 4.69) is 13.2 Å². The van der Waals surface area contributed by atoms with Crippen LogP contribution in [-0.2, 0) is 0 Å². The molecule has 0 unspecified atom stereocenters. The van der Waals surface area contributed by atoms with E-state index in [-0.39, 0.29) is 75.0 Å². The van der Waals surface area contributed by atoms with Crippen LogP contribution in [-0.4, -0.2) is 37.7 Å². The molecule has 0 aliphatic heterocycles. The van der Waals surface area contributed by atoms with E-state index in [9.17, 15) is 0 Å². The van der Waals surface area contributed by atoms with Crippen LogP contribution in [0.5, 0.6) is 0 Å². The Morgan fingerprint density at radius 2 is 0.667 bits per heavy atom. The van der Waals surface area contributed by atoms with Crippen LogP contribution >= 0.6 is 37.2 Å². The first-order valence-corrected chi connectivity index (χ1v) is 0.500. The van der Waals surface area contributed by atoms with E-state index < -0.39 is 0 Å². The van der Waals surface area contributed by atoms with E-state index in [4.69, 9.17) is 0 Å². The summed E-state index contributed by atoms with van der Waals surface area (Å²) >= 11 is 0. The van der Waals surface area contributed by atoms with Crippen LogP contribution in [0.3, 0.4) is 0 Å². The van der Waals surface area contributed by atoms with Crippen LogP contribution in [0.4, 0.5) is 0 Å². The molecule has 0 saturated carbocycles.